The molecule has 1 aromatic carbocycles. The van der Waals surface area contributed by atoms with E-state index in [4.69, 9.17) is 0 Å². The quantitative estimate of drug-likeness (QED) is 0.643. The second-order valence-electron chi connectivity index (χ2n) is 5.71. The Hall–Kier alpha value is -1.13. The topological polar surface area (TPSA) is 0 Å². The largest absolute Gasteiger partial charge is 0.393 e. The number of hydrogen-bond donors (Lipinski definition) is 0. The van der Waals surface area contributed by atoms with Crippen molar-refractivity contribution in [3.63, 3.8) is 0 Å². The Bertz CT molecular complexity index is 447. The molecule has 0 spiro atoms. The molecule has 1 aliphatic rings. The highest BCUT2D eigenvalue weighted by Gasteiger charge is 2.32. The summed E-state index contributed by atoms with van der Waals surface area (Å²) >= 11 is 0. The van der Waals surface area contributed by atoms with Crippen LogP contribution < -0.4 is 0 Å². The van der Waals surface area contributed by atoms with Crippen molar-refractivity contribution in [2.24, 2.45) is 5.92 Å². The zero-order valence-corrected chi connectivity index (χ0v) is 11.2. The summed E-state index contributed by atoms with van der Waals surface area (Å²) in [5.41, 5.74) is -0.400. The van der Waals surface area contributed by atoms with Gasteiger partial charge in [0.1, 0.15) is 11.6 Å². The van der Waals surface area contributed by atoms with E-state index in [1.165, 1.54) is 0 Å². The molecule has 1 aliphatic carbocycles. The van der Waals surface area contributed by atoms with Crippen molar-refractivity contribution in [2.45, 2.75) is 51.1 Å². The Morgan fingerprint density at radius 3 is 1.95 bits per heavy atom. The summed E-state index contributed by atoms with van der Waals surface area (Å²) in [5, 5.41) is 0. The number of alkyl halides is 3. The third-order valence-electron chi connectivity index (χ3n) is 4.03. The molecular formula is C15H17F5. The van der Waals surface area contributed by atoms with Crippen LogP contribution >= 0.6 is 0 Å². The number of halogens is 5. The van der Waals surface area contributed by atoms with E-state index < -0.39 is 29.8 Å². The van der Waals surface area contributed by atoms with Gasteiger partial charge in [-0.3, -0.25) is 0 Å². The summed E-state index contributed by atoms with van der Waals surface area (Å²) in [6.07, 6.45) is -2.54. The molecule has 1 saturated carbocycles. The first-order chi connectivity index (χ1) is 9.26. The summed E-state index contributed by atoms with van der Waals surface area (Å²) in [5.74, 6) is -1.52. The third kappa shape index (κ3) is 3.70. The molecule has 1 aromatic rings. The number of rotatable bonds is 2. The van der Waals surface area contributed by atoms with E-state index >= 15 is 0 Å². The lowest BCUT2D eigenvalue weighted by atomic mass is 9.79. The third-order valence-corrected chi connectivity index (χ3v) is 4.03. The monoisotopic (exact) mass is 292 g/mol. The first kappa shape index (κ1) is 15.3. The number of hydrogen-bond acceptors (Lipinski definition) is 0. The molecule has 0 saturated heterocycles. The van der Waals surface area contributed by atoms with E-state index in [2.05, 4.69) is 6.92 Å². The molecule has 0 atom stereocenters. The molecular weight excluding hydrogens is 275 g/mol. The Kier molecular flexibility index (Phi) is 4.35. The van der Waals surface area contributed by atoms with Gasteiger partial charge in [-0.25, -0.2) is 8.78 Å². The fraction of sp³-hybridized carbons (Fsp3) is 0.600. The molecule has 5 heteroatoms. The first-order valence-corrected chi connectivity index (χ1v) is 6.81. The van der Waals surface area contributed by atoms with Gasteiger partial charge in [0.2, 0.25) is 0 Å². The van der Waals surface area contributed by atoms with E-state index in [9.17, 15) is 22.0 Å². The van der Waals surface area contributed by atoms with Crippen LogP contribution in [0.5, 0.6) is 0 Å². The smallest absolute Gasteiger partial charge is 0.207 e. The summed E-state index contributed by atoms with van der Waals surface area (Å²) < 4.78 is 64.3. The normalized spacial score (nSPS) is 23.9. The molecule has 0 amide bonds. The maximum atomic E-state index is 13.7. The summed E-state index contributed by atoms with van der Waals surface area (Å²) in [6.45, 7) is 2.13. The van der Waals surface area contributed by atoms with Crippen molar-refractivity contribution in [3.8, 4) is 0 Å². The van der Waals surface area contributed by atoms with Gasteiger partial charge in [0.25, 0.3) is 0 Å². The van der Waals surface area contributed by atoms with Crippen molar-refractivity contribution in [1.82, 2.24) is 0 Å². The van der Waals surface area contributed by atoms with Gasteiger partial charge in [0, 0.05) is 5.56 Å². The zero-order chi connectivity index (χ0) is 14.9. The second kappa shape index (κ2) is 5.70. The Morgan fingerprint density at radius 1 is 1.00 bits per heavy atom. The van der Waals surface area contributed by atoms with Crippen LogP contribution in [0.25, 0.3) is 0 Å². The lowest BCUT2D eigenvalue weighted by molar-refractivity contribution is -0.128. The van der Waals surface area contributed by atoms with Crippen LogP contribution in [-0.2, 0) is 6.42 Å². The van der Waals surface area contributed by atoms with Gasteiger partial charge in [0.05, 0.1) is 6.42 Å². The van der Waals surface area contributed by atoms with Gasteiger partial charge >= 0.3 is 6.18 Å². The van der Waals surface area contributed by atoms with Crippen molar-refractivity contribution in [1.29, 1.82) is 0 Å². The highest BCUT2D eigenvalue weighted by atomic mass is 19.4. The molecule has 112 valence electrons. The van der Waals surface area contributed by atoms with Crippen molar-refractivity contribution < 1.29 is 22.0 Å². The molecule has 1 fully saturated rings. The molecule has 0 nitrogen and oxygen atoms in total. The Balaban J connectivity index is 2.21. The minimum atomic E-state index is -4.61. The lowest BCUT2D eigenvalue weighted by Crippen LogP contribution is -2.16. The lowest BCUT2D eigenvalue weighted by Gasteiger charge is -2.26. The van der Waals surface area contributed by atoms with Gasteiger partial charge in [0.15, 0.2) is 0 Å². The van der Waals surface area contributed by atoms with Gasteiger partial charge < -0.3 is 0 Å². The fourth-order valence-corrected chi connectivity index (χ4v) is 2.82. The predicted octanol–water partition coefficient (Wildman–Crippen LogP) is 5.36. The second-order valence-corrected chi connectivity index (χ2v) is 5.71. The van der Waals surface area contributed by atoms with Crippen LogP contribution in [0, 0.1) is 17.6 Å². The predicted molar refractivity (Wildman–Crippen MR) is 66.5 cm³/mol. The molecule has 0 aliphatic heterocycles. The highest BCUT2D eigenvalue weighted by molar-refractivity contribution is 5.29. The van der Waals surface area contributed by atoms with Crippen molar-refractivity contribution in [2.75, 3.05) is 0 Å². The maximum Gasteiger partial charge on any atom is 0.393 e. The van der Waals surface area contributed by atoms with Crippen LogP contribution in [0.2, 0.25) is 0 Å². The average molecular weight is 292 g/mol. The van der Waals surface area contributed by atoms with Crippen molar-refractivity contribution >= 4 is 0 Å². The molecule has 0 radical (unpaired) electrons. The summed E-state index contributed by atoms with van der Waals surface area (Å²) in [6, 6.07) is 2.15. The molecule has 0 N–H and O–H groups in total. The van der Waals surface area contributed by atoms with E-state index in [1.807, 2.05) is 0 Å². The molecule has 2 rings (SSSR count). The maximum absolute atomic E-state index is 13.7. The van der Waals surface area contributed by atoms with Gasteiger partial charge in [-0.2, -0.15) is 13.2 Å². The van der Waals surface area contributed by atoms with Gasteiger partial charge in [-0.05, 0) is 42.4 Å². The minimum Gasteiger partial charge on any atom is -0.207 e. The van der Waals surface area contributed by atoms with Gasteiger partial charge in [-0.1, -0.05) is 19.8 Å². The van der Waals surface area contributed by atoms with E-state index in [1.54, 1.807) is 0 Å². The molecule has 0 aromatic heterocycles. The first-order valence-electron chi connectivity index (χ1n) is 6.81. The highest BCUT2D eigenvalue weighted by Crippen LogP contribution is 2.37. The zero-order valence-electron chi connectivity index (χ0n) is 11.2. The van der Waals surface area contributed by atoms with Crippen molar-refractivity contribution in [3.05, 3.63) is 34.9 Å². The minimum absolute atomic E-state index is 0.0511. The van der Waals surface area contributed by atoms with E-state index in [-0.39, 0.29) is 5.92 Å². The standard InChI is InChI=1S/C15H17F5/c1-9-2-4-10(5-3-9)11-6-13(16)12(14(17)7-11)8-15(18,19)20/h6-7,9-10H,2-5,8H2,1H3. The van der Waals surface area contributed by atoms with E-state index in [0.717, 1.165) is 37.8 Å². The van der Waals surface area contributed by atoms with Crippen LogP contribution in [-0.4, -0.2) is 6.18 Å². The van der Waals surface area contributed by atoms with Gasteiger partial charge in [-0.15, -0.1) is 0 Å². The van der Waals surface area contributed by atoms with Crippen LogP contribution in [0.15, 0.2) is 12.1 Å². The Morgan fingerprint density at radius 2 is 1.50 bits per heavy atom. The average Bonchev–Trinajstić information content (AvgIpc) is 2.33. The summed E-state index contributed by atoms with van der Waals surface area (Å²) in [4.78, 5) is 0. The molecule has 0 unspecified atom stereocenters. The van der Waals surface area contributed by atoms with Crippen LogP contribution in [0.4, 0.5) is 22.0 Å². The molecule has 20 heavy (non-hydrogen) atoms. The fourth-order valence-electron chi connectivity index (χ4n) is 2.82. The van der Waals surface area contributed by atoms with Crippen LogP contribution in [0.1, 0.15) is 49.7 Å². The van der Waals surface area contributed by atoms with E-state index in [0.29, 0.717) is 11.5 Å². The van der Waals surface area contributed by atoms with Crippen LogP contribution in [0.3, 0.4) is 0 Å². The summed E-state index contributed by atoms with van der Waals surface area (Å²) in [7, 11) is 0. The Labute approximate surface area is 115 Å². The molecule has 0 bridgehead atoms. The SMILES string of the molecule is CC1CCC(c2cc(F)c(CC(F)(F)F)c(F)c2)CC1. The number of benzene rings is 1. The molecule has 0 heterocycles.